The summed E-state index contributed by atoms with van der Waals surface area (Å²) in [5.41, 5.74) is 1.75. The Balaban J connectivity index is 1.91. The number of nitrogens with zero attached hydrogens (tertiary/aromatic N) is 1. The van der Waals surface area contributed by atoms with Crippen molar-refractivity contribution in [3.63, 3.8) is 0 Å². The van der Waals surface area contributed by atoms with E-state index >= 15 is 0 Å². The summed E-state index contributed by atoms with van der Waals surface area (Å²) in [4.78, 5) is 39.8. The highest BCUT2D eigenvalue weighted by molar-refractivity contribution is 6.74. The molecule has 0 unspecified atom stereocenters. The summed E-state index contributed by atoms with van der Waals surface area (Å²) in [6.07, 6.45) is 2.66. The molecule has 2 fully saturated rings. The fourth-order valence-electron chi connectivity index (χ4n) is 4.83. The molecular weight excluding hydrogens is 414 g/mol. The zero-order valence-electron chi connectivity index (χ0n) is 19.9. The lowest BCUT2D eigenvalue weighted by atomic mass is 9.66. The first-order chi connectivity index (χ1) is 14.4. The molecule has 0 N–H and O–H groups in total. The van der Waals surface area contributed by atoms with Gasteiger partial charge in [-0.3, -0.25) is 4.79 Å². The van der Waals surface area contributed by atoms with Gasteiger partial charge in [0.2, 0.25) is 5.91 Å². The molecule has 2 heterocycles. The van der Waals surface area contributed by atoms with Crippen molar-refractivity contribution in [1.29, 1.82) is 0 Å². The van der Waals surface area contributed by atoms with E-state index in [1.165, 1.54) is 14.2 Å². The van der Waals surface area contributed by atoms with E-state index in [-0.39, 0.29) is 34.9 Å². The number of amides is 1. The summed E-state index contributed by atoms with van der Waals surface area (Å²) in [6, 6.07) is -0.107. The van der Waals surface area contributed by atoms with Crippen molar-refractivity contribution in [3.8, 4) is 0 Å². The summed E-state index contributed by atoms with van der Waals surface area (Å²) in [5.74, 6) is -1.42. The van der Waals surface area contributed by atoms with E-state index in [4.69, 9.17) is 13.9 Å². The van der Waals surface area contributed by atoms with Gasteiger partial charge in [0.25, 0.3) is 0 Å². The maximum absolute atomic E-state index is 13.0. The number of fused-ring (bicyclic) bond motifs is 3. The monoisotopic (exact) mass is 449 g/mol. The van der Waals surface area contributed by atoms with Crippen molar-refractivity contribution < 1.29 is 28.3 Å². The van der Waals surface area contributed by atoms with Crippen LogP contribution in [0.15, 0.2) is 22.8 Å². The van der Waals surface area contributed by atoms with Crippen LogP contribution in [0.25, 0.3) is 0 Å². The van der Waals surface area contributed by atoms with Crippen LogP contribution in [0.1, 0.15) is 40.5 Å². The van der Waals surface area contributed by atoms with Crippen molar-refractivity contribution in [3.05, 3.63) is 22.8 Å². The summed E-state index contributed by atoms with van der Waals surface area (Å²) >= 11 is 0. The van der Waals surface area contributed by atoms with Gasteiger partial charge in [0.15, 0.2) is 8.32 Å². The molecule has 4 atom stereocenters. The zero-order valence-corrected chi connectivity index (χ0v) is 20.9. The molecule has 172 valence electrons. The van der Waals surface area contributed by atoms with Crippen LogP contribution in [0.4, 0.5) is 0 Å². The molecular formula is C23H35NO6Si. The third-order valence-electron chi connectivity index (χ3n) is 7.49. The number of hydrogen-bond acceptors (Lipinski definition) is 6. The van der Waals surface area contributed by atoms with E-state index in [0.29, 0.717) is 30.5 Å². The minimum Gasteiger partial charge on any atom is -0.466 e. The topological polar surface area (TPSA) is 82.1 Å². The molecule has 0 saturated carbocycles. The van der Waals surface area contributed by atoms with Gasteiger partial charge in [-0.25, -0.2) is 9.59 Å². The second-order valence-corrected chi connectivity index (χ2v) is 15.0. The lowest BCUT2D eigenvalue weighted by molar-refractivity contribution is -0.163. The molecule has 31 heavy (non-hydrogen) atoms. The van der Waals surface area contributed by atoms with E-state index < -0.39 is 20.3 Å². The first kappa shape index (κ1) is 23.7. The lowest BCUT2D eigenvalue weighted by Gasteiger charge is -2.56. The SMILES string of the molecule is COC(=O)C1=C(C(=O)OC)[C@@H]2CCN3C(=O)[C@H]([C@@H](C)O[Si](C)(C)C(C)(C)C)[C@H]3C2=CC1. The Morgan fingerprint density at radius 3 is 2.32 bits per heavy atom. The van der Waals surface area contributed by atoms with Crippen LogP contribution < -0.4 is 0 Å². The van der Waals surface area contributed by atoms with Crippen LogP contribution in [0, 0.1) is 11.8 Å². The van der Waals surface area contributed by atoms with E-state index in [1.807, 2.05) is 17.9 Å². The molecule has 0 spiro atoms. The summed E-state index contributed by atoms with van der Waals surface area (Å²) < 4.78 is 16.5. The highest BCUT2D eigenvalue weighted by Crippen LogP contribution is 2.49. The van der Waals surface area contributed by atoms with Crippen molar-refractivity contribution >= 4 is 26.2 Å². The van der Waals surface area contributed by atoms with E-state index in [0.717, 1.165) is 5.57 Å². The van der Waals surface area contributed by atoms with Crippen LogP contribution in [-0.4, -0.2) is 64.0 Å². The number of β-lactam (4-membered cyclic amide) rings is 1. The molecule has 3 rings (SSSR count). The minimum absolute atomic E-state index is 0.0448. The average Bonchev–Trinajstić information content (AvgIpc) is 2.69. The molecule has 3 aliphatic rings. The quantitative estimate of drug-likeness (QED) is 0.277. The minimum atomic E-state index is -2.05. The molecule has 1 aliphatic carbocycles. The fourth-order valence-corrected chi connectivity index (χ4v) is 6.26. The molecule has 0 aromatic heterocycles. The maximum Gasteiger partial charge on any atom is 0.334 e. The second-order valence-electron chi connectivity index (χ2n) is 10.2. The third kappa shape index (κ3) is 3.88. The molecule has 0 radical (unpaired) electrons. The van der Waals surface area contributed by atoms with E-state index in [2.05, 4.69) is 33.9 Å². The van der Waals surface area contributed by atoms with Crippen molar-refractivity contribution in [2.75, 3.05) is 20.8 Å². The predicted octanol–water partition coefficient (Wildman–Crippen LogP) is 3.22. The Morgan fingerprint density at radius 2 is 1.77 bits per heavy atom. The summed E-state index contributed by atoms with van der Waals surface area (Å²) in [7, 11) is 0.588. The van der Waals surface area contributed by atoms with Gasteiger partial charge in [-0.05, 0) is 43.5 Å². The van der Waals surface area contributed by atoms with Gasteiger partial charge in [-0.1, -0.05) is 26.8 Å². The van der Waals surface area contributed by atoms with Crippen LogP contribution >= 0.6 is 0 Å². The average molecular weight is 450 g/mol. The Morgan fingerprint density at radius 1 is 1.16 bits per heavy atom. The molecule has 2 saturated heterocycles. The highest BCUT2D eigenvalue weighted by atomic mass is 28.4. The number of carbonyl (C=O) groups is 3. The largest absolute Gasteiger partial charge is 0.466 e. The summed E-state index contributed by atoms with van der Waals surface area (Å²) in [6.45, 7) is 13.5. The molecule has 0 aromatic carbocycles. The zero-order chi connectivity index (χ0) is 23.3. The number of methoxy groups -OCH3 is 2. The van der Waals surface area contributed by atoms with Crippen LogP contribution in [0.3, 0.4) is 0 Å². The summed E-state index contributed by atoms with van der Waals surface area (Å²) in [5, 5.41) is 0.0448. The predicted molar refractivity (Wildman–Crippen MR) is 119 cm³/mol. The number of ether oxygens (including phenoxy) is 2. The van der Waals surface area contributed by atoms with Gasteiger partial charge in [0.05, 0.1) is 43.4 Å². The number of hydrogen-bond donors (Lipinski definition) is 0. The Labute approximate surface area is 185 Å². The van der Waals surface area contributed by atoms with Crippen molar-refractivity contribution in [1.82, 2.24) is 4.90 Å². The number of allylic oxidation sites excluding steroid dienone is 1. The normalized spacial score (nSPS) is 27.0. The van der Waals surface area contributed by atoms with Crippen molar-refractivity contribution in [2.45, 2.75) is 70.8 Å². The number of piperidine rings is 1. The van der Waals surface area contributed by atoms with Crippen LogP contribution in [-0.2, 0) is 28.3 Å². The second kappa shape index (κ2) is 8.20. The number of carbonyl (C=O) groups excluding carboxylic acids is 3. The highest BCUT2D eigenvalue weighted by Gasteiger charge is 2.57. The third-order valence-corrected chi connectivity index (χ3v) is 12.1. The lowest BCUT2D eigenvalue weighted by Crippen LogP contribution is -2.69. The molecule has 2 aliphatic heterocycles. The van der Waals surface area contributed by atoms with E-state index in [1.54, 1.807) is 0 Å². The molecule has 0 aromatic rings. The van der Waals surface area contributed by atoms with Crippen molar-refractivity contribution in [2.24, 2.45) is 11.8 Å². The molecule has 7 nitrogen and oxygen atoms in total. The first-order valence-corrected chi connectivity index (χ1v) is 13.8. The smallest absolute Gasteiger partial charge is 0.334 e. The fraction of sp³-hybridized carbons (Fsp3) is 0.696. The number of esters is 2. The van der Waals surface area contributed by atoms with Crippen LogP contribution in [0.2, 0.25) is 18.1 Å². The maximum atomic E-state index is 13.0. The molecule has 0 bridgehead atoms. The molecule has 8 heteroatoms. The van der Waals surface area contributed by atoms with Gasteiger partial charge in [-0.2, -0.15) is 0 Å². The van der Waals surface area contributed by atoms with Gasteiger partial charge in [0.1, 0.15) is 0 Å². The Bertz CT molecular complexity index is 853. The van der Waals surface area contributed by atoms with Gasteiger partial charge in [-0.15, -0.1) is 0 Å². The van der Waals surface area contributed by atoms with Gasteiger partial charge >= 0.3 is 11.9 Å². The number of rotatable bonds is 5. The van der Waals surface area contributed by atoms with E-state index in [9.17, 15) is 14.4 Å². The van der Waals surface area contributed by atoms with Crippen LogP contribution in [0.5, 0.6) is 0 Å². The Kier molecular flexibility index (Phi) is 6.28. The van der Waals surface area contributed by atoms with Gasteiger partial charge in [0, 0.05) is 12.5 Å². The Hall–Kier alpha value is -1.93. The standard InChI is InChI=1S/C23H35NO6Si/c1-13(30-31(7,8)23(2,3)4)17-19-15-9-10-16(21(26)28-5)18(22(27)29-6)14(15)11-12-24(19)20(17)25/h9,13-14,17,19H,10-12H2,1-8H3/t13-,14-,17-,19-/m1/s1. The first-order valence-electron chi connectivity index (χ1n) is 10.9. The molecule has 1 amide bonds. The van der Waals surface area contributed by atoms with Gasteiger partial charge < -0.3 is 18.8 Å².